The van der Waals surface area contributed by atoms with Crippen LogP contribution in [0.2, 0.25) is 0 Å². The zero-order valence-corrected chi connectivity index (χ0v) is 12.4. The lowest BCUT2D eigenvalue weighted by molar-refractivity contribution is -0.125. The lowest BCUT2D eigenvalue weighted by atomic mass is 9.70. The van der Waals surface area contributed by atoms with E-state index < -0.39 is 37.7 Å². The second-order valence-electron chi connectivity index (χ2n) is 5.75. The summed E-state index contributed by atoms with van der Waals surface area (Å²) in [6.07, 6.45) is 1.11. The highest BCUT2D eigenvalue weighted by molar-refractivity contribution is 7.93. The van der Waals surface area contributed by atoms with Crippen molar-refractivity contribution in [2.24, 2.45) is 16.7 Å². The SMILES string of the molecule is C=C1C(=O)C2(CS(=O)(=O)O[SH](=O)=O)CCC1C2(C)C. The molecule has 0 amide bonds. The van der Waals surface area contributed by atoms with Crippen molar-refractivity contribution in [3.8, 4) is 0 Å². The number of ketones is 1. The standard InChI is InChI=1S/C11H16O6S2/c1-7-8-4-5-11(9(7)12,10(8,2)3)6-19(15,16)17-18(13)14/h8,18H,1,4-6H2,2-3H3. The number of allylic oxidation sites excluding steroid dienone is 1. The maximum atomic E-state index is 12.3. The van der Waals surface area contributed by atoms with E-state index in [0.717, 1.165) is 0 Å². The maximum absolute atomic E-state index is 12.3. The molecule has 2 unspecified atom stereocenters. The fourth-order valence-corrected chi connectivity index (χ4v) is 5.84. The van der Waals surface area contributed by atoms with Gasteiger partial charge in [-0.15, -0.1) is 3.63 Å². The van der Waals surface area contributed by atoms with Gasteiger partial charge in [0.2, 0.25) is 0 Å². The van der Waals surface area contributed by atoms with Crippen molar-refractivity contribution in [1.29, 1.82) is 0 Å². The largest absolute Gasteiger partial charge is 0.294 e. The number of rotatable bonds is 4. The predicted molar refractivity (Wildman–Crippen MR) is 68.3 cm³/mol. The summed E-state index contributed by atoms with van der Waals surface area (Å²) in [5.74, 6) is -0.928. The average molecular weight is 308 g/mol. The predicted octanol–water partition coefficient (Wildman–Crippen LogP) is 0.421. The molecule has 2 aliphatic carbocycles. The third-order valence-corrected chi connectivity index (χ3v) is 6.95. The van der Waals surface area contributed by atoms with Gasteiger partial charge in [-0.3, -0.25) is 4.79 Å². The molecule has 0 aromatic rings. The molecule has 108 valence electrons. The van der Waals surface area contributed by atoms with Crippen LogP contribution in [0.5, 0.6) is 0 Å². The molecule has 2 fully saturated rings. The van der Waals surface area contributed by atoms with Crippen molar-refractivity contribution in [2.45, 2.75) is 26.7 Å². The van der Waals surface area contributed by atoms with E-state index in [2.05, 4.69) is 10.2 Å². The van der Waals surface area contributed by atoms with Gasteiger partial charge in [0.1, 0.15) is 0 Å². The Kier molecular flexibility index (Phi) is 3.19. The smallest absolute Gasteiger partial charge is 0.282 e. The molecule has 6 nitrogen and oxygen atoms in total. The van der Waals surface area contributed by atoms with Crippen LogP contribution < -0.4 is 0 Å². The van der Waals surface area contributed by atoms with Crippen LogP contribution in [-0.4, -0.2) is 28.4 Å². The minimum atomic E-state index is -4.29. The van der Waals surface area contributed by atoms with Crippen molar-refractivity contribution in [3.63, 3.8) is 0 Å². The Labute approximate surface area is 114 Å². The van der Waals surface area contributed by atoms with Crippen LogP contribution in [0, 0.1) is 16.7 Å². The van der Waals surface area contributed by atoms with E-state index in [1.807, 2.05) is 13.8 Å². The number of Topliss-reactive ketones (excluding diaryl/α,β-unsaturated/α-hetero) is 1. The first-order valence-corrected chi connectivity index (χ1v) is 8.51. The van der Waals surface area contributed by atoms with Gasteiger partial charge >= 0.3 is 0 Å². The van der Waals surface area contributed by atoms with E-state index in [-0.39, 0.29) is 11.7 Å². The third kappa shape index (κ3) is 1.96. The molecular weight excluding hydrogens is 292 g/mol. The number of fused-ring (bicyclic) bond motifs is 2. The summed E-state index contributed by atoms with van der Waals surface area (Å²) in [7, 11) is -7.79. The molecule has 0 heterocycles. The highest BCUT2D eigenvalue weighted by Gasteiger charge is 2.67. The van der Waals surface area contributed by atoms with E-state index in [9.17, 15) is 21.6 Å². The highest BCUT2D eigenvalue weighted by Crippen LogP contribution is 2.65. The first-order chi connectivity index (χ1) is 8.53. The monoisotopic (exact) mass is 308 g/mol. The van der Waals surface area contributed by atoms with Gasteiger partial charge in [0.15, 0.2) is 5.78 Å². The fraction of sp³-hybridized carbons (Fsp3) is 0.727. The molecular formula is C11H16O6S2. The normalized spacial score (nSPS) is 33.3. The lowest BCUT2D eigenvalue weighted by Crippen LogP contribution is -2.42. The molecule has 0 aromatic heterocycles. The quantitative estimate of drug-likeness (QED) is 0.597. The van der Waals surface area contributed by atoms with E-state index in [1.165, 1.54) is 0 Å². The Balaban J connectivity index is 2.43. The van der Waals surface area contributed by atoms with Crippen molar-refractivity contribution >= 4 is 26.9 Å². The Morgan fingerprint density at radius 1 is 1.42 bits per heavy atom. The third-order valence-electron chi connectivity index (χ3n) is 4.71. The maximum Gasteiger partial charge on any atom is 0.282 e. The molecule has 2 bridgehead atoms. The zero-order valence-electron chi connectivity index (χ0n) is 10.7. The van der Waals surface area contributed by atoms with Gasteiger partial charge in [0.25, 0.3) is 21.1 Å². The van der Waals surface area contributed by atoms with Crippen LogP contribution in [0.1, 0.15) is 26.7 Å². The van der Waals surface area contributed by atoms with Crippen LogP contribution in [0.25, 0.3) is 0 Å². The molecule has 2 aliphatic rings. The molecule has 0 aromatic carbocycles. The molecule has 0 radical (unpaired) electrons. The lowest BCUT2D eigenvalue weighted by Gasteiger charge is -2.34. The van der Waals surface area contributed by atoms with E-state index in [1.54, 1.807) is 0 Å². The Bertz CT molecular complexity index is 620. The molecule has 2 rings (SSSR count). The van der Waals surface area contributed by atoms with Crippen molar-refractivity contribution < 1.29 is 25.3 Å². The molecule has 2 atom stereocenters. The number of hydrogen-bond acceptors (Lipinski definition) is 6. The summed E-state index contributed by atoms with van der Waals surface area (Å²) in [5, 5.41) is 0. The van der Waals surface area contributed by atoms with Crippen LogP contribution >= 0.6 is 0 Å². The minimum absolute atomic E-state index is 0.0452. The summed E-state index contributed by atoms with van der Waals surface area (Å²) in [6, 6.07) is 0. The van der Waals surface area contributed by atoms with Crippen LogP contribution in [0.3, 0.4) is 0 Å². The van der Waals surface area contributed by atoms with Gasteiger partial charge in [-0.2, -0.15) is 8.42 Å². The molecule has 0 saturated heterocycles. The van der Waals surface area contributed by atoms with Crippen molar-refractivity contribution in [3.05, 3.63) is 12.2 Å². The molecule has 0 aliphatic heterocycles. The number of carbonyl (C=O) groups is 1. The molecule has 2 saturated carbocycles. The first-order valence-electron chi connectivity index (χ1n) is 5.84. The van der Waals surface area contributed by atoms with Gasteiger partial charge in [0.05, 0.1) is 11.2 Å². The summed E-state index contributed by atoms with van der Waals surface area (Å²) in [6.45, 7) is 7.40. The number of hydrogen-bond donors (Lipinski definition) is 1. The summed E-state index contributed by atoms with van der Waals surface area (Å²) in [4.78, 5) is 12.3. The number of thiol groups is 1. The van der Waals surface area contributed by atoms with Crippen molar-refractivity contribution in [1.82, 2.24) is 0 Å². The summed E-state index contributed by atoms with van der Waals surface area (Å²) in [5.41, 5.74) is -1.22. The minimum Gasteiger partial charge on any atom is -0.294 e. The highest BCUT2D eigenvalue weighted by atomic mass is 32.3. The zero-order chi connectivity index (χ0) is 14.6. The van der Waals surface area contributed by atoms with E-state index in [4.69, 9.17) is 0 Å². The topological polar surface area (TPSA) is 94.6 Å². The van der Waals surface area contributed by atoms with Gasteiger partial charge in [-0.1, -0.05) is 20.4 Å². The Morgan fingerprint density at radius 3 is 2.42 bits per heavy atom. The van der Waals surface area contributed by atoms with Gasteiger partial charge in [0, 0.05) is 0 Å². The van der Waals surface area contributed by atoms with E-state index >= 15 is 0 Å². The Hall–Kier alpha value is -0.730. The fourth-order valence-electron chi connectivity index (χ4n) is 3.63. The first kappa shape index (κ1) is 14.7. The van der Waals surface area contributed by atoms with Crippen LogP contribution in [0.4, 0.5) is 0 Å². The molecule has 0 N–H and O–H groups in total. The second-order valence-corrected chi connectivity index (χ2v) is 8.20. The summed E-state index contributed by atoms with van der Waals surface area (Å²) < 4.78 is 48.3. The second kappa shape index (κ2) is 4.13. The molecule has 8 heteroatoms. The van der Waals surface area contributed by atoms with Crippen LogP contribution in [-0.2, 0) is 29.5 Å². The van der Waals surface area contributed by atoms with Crippen LogP contribution in [0.15, 0.2) is 12.2 Å². The number of carbonyl (C=O) groups excluding carboxylic acids is 1. The van der Waals surface area contributed by atoms with Crippen molar-refractivity contribution in [2.75, 3.05) is 5.75 Å². The molecule has 0 spiro atoms. The van der Waals surface area contributed by atoms with E-state index in [0.29, 0.717) is 18.4 Å². The Morgan fingerprint density at radius 2 is 2.00 bits per heavy atom. The molecule has 19 heavy (non-hydrogen) atoms. The average Bonchev–Trinajstić information content (AvgIpc) is 2.52. The summed E-state index contributed by atoms with van der Waals surface area (Å²) >= 11 is 0. The van der Waals surface area contributed by atoms with Gasteiger partial charge in [-0.25, -0.2) is 8.42 Å². The van der Waals surface area contributed by atoms with Gasteiger partial charge in [-0.05, 0) is 29.7 Å². The van der Waals surface area contributed by atoms with Gasteiger partial charge < -0.3 is 0 Å².